The van der Waals surface area contributed by atoms with E-state index < -0.39 is 0 Å². The minimum absolute atomic E-state index is 0.191. The van der Waals surface area contributed by atoms with E-state index in [1.54, 1.807) is 25.3 Å². The monoisotopic (exact) mass is 365 g/mol. The Morgan fingerprint density at radius 2 is 1.62 bits per heavy atom. The molecular weight excluding hydrogens is 346 g/mol. The standard InChI is InChI=1S/C22H20ClNO2/c1-15-8-10-17(11-9-15)21(16-6-4-3-5-7-16)24-22(25)18-12-13-20(26-2)19(23)14-18/h3-14,21H,1-2H3,(H,24,25)/t21-/m0/s1. The van der Waals surface area contributed by atoms with Crippen molar-refractivity contribution in [3.63, 3.8) is 0 Å². The van der Waals surface area contributed by atoms with Gasteiger partial charge in [0, 0.05) is 5.56 Å². The van der Waals surface area contributed by atoms with Crippen molar-refractivity contribution < 1.29 is 9.53 Å². The van der Waals surface area contributed by atoms with Crippen molar-refractivity contribution in [2.24, 2.45) is 0 Å². The number of hydrogen-bond acceptors (Lipinski definition) is 2. The molecule has 0 fully saturated rings. The van der Waals surface area contributed by atoms with Gasteiger partial charge in [0.2, 0.25) is 0 Å². The Morgan fingerprint density at radius 1 is 0.962 bits per heavy atom. The first kappa shape index (κ1) is 18.0. The molecule has 0 saturated carbocycles. The summed E-state index contributed by atoms with van der Waals surface area (Å²) in [5, 5.41) is 3.52. The lowest BCUT2D eigenvalue weighted by Crippen LogP contribution is -2.29. The van der Waals surface area contributed by atoms with Crippen LogP contribution in [0, 0.1) is 6.92 Å². The van der Waals surface area contributed by atoms with Gasteiger partial charge in [0.15, 0.2) is 0 Å². The van der Waals surface area contributed by atoms with Gasteiger partial charge in [0.1, 0.15) is 5.75 Å². The van der Waals surface area contributed by atoms with Crippen molar-refractivity contribution in [2.75, 3.05) is 7.11 Å². The largest absolute Gasteiger partial charge is 0.495 e. The Balaban J connectivity index is 1.91. The number of rotatable bonds is 5. The van der Waals surface area contributed by atoms with Crippen LogP contribution in [0.1, 0.15) is 33.1 Å². The summed E-state index contributed by atoms with van der Waals surface area (Å²) < 4.78 is 5.15. The Hall–Kier alpha value is -2.78. The summed E-state index contributed by atoms with van der Waals surface area (Å²) in [7, 11) is 1.55. The molecule has 132 valence electrons. The Labute approximate surface area is 158 Å². The molecule has 0 saturated heterocycles. The van der Waals surface area contributed by atoms with Gasteiger partial charge in [-0.1, -0.05) is 71.8 Å². The van der Waals surface area contributed by atoms with Gasteiger partial charge >= 0.3 is 0 Å². The van der Waals surface area contributed by atoms with Crippen LogP contribution in [-0.4, -0.2) is 13.0 Å². The third kappa shape index (κ3) is 4.06. The van der Waals surface area contributed by atoms with Crippen LogP contribution in [0.15, 0.2) is 72.8 Å². The van der Waals surface area contributed by atoms with E-state index in [1.165, 1.54) is 5.56 Å². The molecule has 0 radical (unpaired) electrons. The molecule has 0 aromatic heterocycles. The lowest BCUT2D eigenvalue weighted by atomic mass is 9.97. The zero-order valence-corrected chi connectivity index (χ0v) is 15.5. The fourth-order valence-electron chi connectivity index (χ4n) is 2.79. The molecule has 3 aromatic carbocycles. The topological polar surface area (TPSA) is 38.3 Å². The first-order chi connectivity index (χ1) is 12.6. The summed E-state index contributed by atoms with van der Waals surface area (Å²) in [6.45, 7) is 2.04. The van der Waals surface area contributed by atoms with Crippen molar-refractivity contribution in [3.8, 4) is 5.75 Å². The van der Waals surface area contributed by atoms with Gasteiger partial charge < -0.3 is 10.1 Å². The predicted molar refractivity (Wildman–Crippen MR) is 105 cm³/mol. The molecule has 3 aromatic rings. The summed E-state index contributed by atoms with van der Waals surface area (Å²) in [5.41, 5.74) is 3.71. The van der Waals surface area contributed by atoms with Crippen LogP contribution in [0.5, 0.6) is 5.75 Å². The highest BCUT2D eigenvalue weighted by atomic mass is 35.5. The molecule has 0 aliphatic carbocycles. The normalized spacial score (nSPS) is 11.7. The van der Waals surface area contributed by atoms with Gasteiger partial charge in [-0.25, -0.2) is 0 Å². The highest BCUT2D eigenvalue weighted by Gasteiger charge is 2.18. The SMILES string of the molecule is COc1ccc(C(=O)N[C@@H](c2ccccc2)c2ccc(C)cc2)cc1Cl. The molecule has 3 rings (SSSR count). The summed E-state index contributed by atoms with van der Waals surface area (Å²) in [6, 6.07) is 22.8. The van der Waals surface area contributed by atoms with Gasteiger partial charge in [0.25, 0.3) is 5.91 Å². The Kier molecular flexibility index (Phi) is 5.59. The van der Waals surface area contributed by atoms with Gasteiger partial charge in [-0.2, -0.15) is 0 Å². The Morgan fingerprint density at radius 3 is 2.23 bits per heavy atom. The molecule has 1 N–H and O–H groups in total. The van der Waals surface area contributed by atoms with Gasteiger partial charge in [-0.05, 0) is 36.2 Å². The minimum atomic E-state index is -0.245. The summed E-state index contributed by atoms with van der Waals surface area (Å²) in [4.78, 5) is 12.8. The van der Waals surface area contributed by atoms with E-state index in [4.69, 9.17) is 16.3 Å². The quantitative estimate of drug-likeness (QED) is 0.676. The molecule has 0 aliphatic rings. The van der Waals surface area contributed by atoms with E-state index in [-0.39, 0.29) is 11.9 Å². The maximum atomic E-state index is 12.8. The molecule has 0 bridgehead atoms. The van der Waals surface area contributed by atoms with Crippen LogP contribution in [0.2, 0.25) is 5.02 Å². The van der Waals surface area contributed by atoms with Crippen molar-refractivity contribution in [3.05, 3.63) is 100 Å². The molecule has 0 unspecified atom stereocenters. The average Bonchev–Trinajstić information content (AvgIpc) is 2.67. The lowest BCUT2D eigenvalue weighted by molar-refractivity contribution is 0.0943. The zero-order chi connectivity index (χ0) is 18.5. The number of methoxy groups -OCH3 is 1. The maximum absolute atomic E-state index is 12.8. The number of ether oxygens (including phenoxy) is 1. The van der Waals surface area contributed by atoms with Crippen LogP contribution < -0.4 is 10.1 Å². The van der Waals surface area contributed by atoms with E-state index in [0.29, 0.717) is 16.3 Å². The lowest BCUT2D eigenvalue weighted by Gasteiger charge is -2.20. The number of carbonyl (C=O) groups is 1. The van der Waals surface area contributed by atoms with Gasteiger partial charge in [0.05, 0.1) is 18.2 Å². The fourth-order valence-corrected chi connectivity index (χ4v) is 3.04. The molecule has 1 atom stereocenters. The third-order valence-corrected chi connectivity index (χ3v) is 4.53. The van der Waals surface area contributed by atoms with Crippen molar-refractivity contribution in [2.45, 2.75) is 13.0 Å². The number of amides is 1. The predicted octanol–water partition coefficient (Wildman–Crippen LogP) is 5.18. The summed E-state index contributed by atoms with van der Waals surface area (Å²) in [5.74, 6) is 0.352. The van der Waals surface area contributed by atoms with Crippen LogP contribution >= 0.6 is 11.6 Å². The van der Waals surface area contributed by atoms with E-state index in [9.17, 15) is 4.79 Å². The third-order valence-electron chi connectivity index (χ3n) is 4.23. The van der Waals surface area contributed by atoms with Crippen molar-refractivity contribution in [1.82, 2.24) is 5.32 Å². The average molecular weight is 366 g/mol. The minimum Gasteiger partial charge on any atom is -0.495 e. The van der Waals surface area contributed by atoms with E-state index in [0.717, 1.165) is 11.1 Å². The molecule has 3 nitrogen and oxygen atoms in total. The Bertz CT molecular complexity index is 892. The van der Waals surface area contributed by atoms with Gasteiger partial charge in [-0.15, -0.1) is 0 Å². The maximum Gasteiger partial charge on any atom is 0.252 e. The summed E-state index contributed by atoms with van der Waals surface area (Å²) >= 11 is 6.16. The molecular formula is C22H20ClNO2. The van der Waals surface area contributed by atoms with E-state index in [2.05, 4.69) is 5.32 Å². The molecule has 0 spiro atoms. The van der Waals surface area contributed by atoms with Crippen LogP contribution in [-0.2, 0) is 0 Å². The van der Waals surface area contributed by atoms with Gasteiger partial charge in [-0.3, -0.25) is 4.79 Å². The number of halogens is 1. The molecule has 26 heavy (non-hydrogen) atoms. The number of nitrogens with one attached hydrogen (secondary N) is 1. The van der Waals surface area contributed by atoms with Crippen LogP contribution in [0.3, 0.4) is 0 Å². The van der Waals surface area contributed by atoms with Crippen LogP contribution in [0.4, 0.5) is 0 Å². The number of benzene rings is 3. The number of aryl methyl sites for hydroxylation is 1. The van der Waals surface area contributed by atoms with E-state index in [1.807, 2.05) is 61.5 Å². The highest BCUT2D eigenvalue weighted by molar-refractivity contribution is 6.32. The molecule has 4 heteroatoms. The van der Waals surface area contributed by atoms with E-state index >= 15 is 0 Å². The second-order valence-corrected chi connectivity index (χ2v) is 6.48. The number of hydrogen-bond donors (Lipinski definition) is 1. The molecule has 0 heterocycles. The molecule has 0 aliphatic heterocycles. The van der Waals surface area contributed by atoms with Crippen molar-refractivity contribution in [1.29, 1.82) is 0 Å². The second-order valence-electron chi connectivity index (χ2n) is 6.08. The smallest absolute Gasteiger partial charge is 0.252 e. The van der Waals surface area contributed by atoms with Crippen molar-refractivity contribution >= 4 is 17.5 Å². The zero-order valence-electron chi connectivity index (χ0n) is 14.7. The van der Waals surface area contributed by atoms with Crippen LogP contribution in [0.25, 0.3) is 0 Å². The first-order valence-corrected chi connectivity index (χ1v) is 8.72. The molecule has 1 amide bonds. The fraction of sp³-hybridized carbons (Fsp3) is 0.136. The highest BCUT2D eigenvalue weighted by Crippen LogP contribution is 2.26. The first-order valence-electron chi connectivity index (χ1n) is 8.34. The summed E-state index contributed by atoms with van der Waals surface area (Å²) in [6.07, 6.45) is 0. The number of carbonyl (C=O) groups excluding carboxylic acids is 1. The second kappa shape index (κ2) is 8.07.